The van der Waals surface area contributed by atoms with Crippen molar-refractivity contribution in [3.05, 3.63) is 176 Å². The molecule has 0 saturated carbocycles. The van der Waals surface area contributed by atoms with Crippen molar-refractivity contribution >= 4 is 29.2 Å². The Kier molecular flexibility index (Phi) is 17.8. The van der Waals surface area contributed by atoms with Gasteiger partial charge in [-0.3, -0.25) is 14.8 Å². The number of aromatic nitrogens is 2. The molecule has 0 aliphatic heterocycles. The Hall–Kier alpha value is -7.17. The average molecular weight is 959 g/mol. The Labute approximate surface area is 404 Å². The fourth-order valence-corrected chi connectivity index (χ4v) is 7.75. The first kappa shape index (κ1) is 50.2. The van der Waals surface area contributed by atoms with E-state index in [0.29, 0.717) is 66.4 Å². The molecule has 2 heterocycles. The van der Waals surface area contributed by atoms with Crippen LogP contribution < -0.4 is 24.3 Å². The van der Waals surface area contributed by atoms with E-state index in [-0.39, 0.29) is 58.2 Å². The maximum atomic E-state index is 11.7. The molecule has 0 bridgehead atoms. The topological polar surface area (TPSA) is 220 Å². The molecule has 5 N–H and O–H groups in total. The quantitative estimate of drug-likeness (QED) is 0.0378. The molecular weight excluding hydrogens is 910 g/mol. The van der Waals surface area contributed by atoms with Crippen LogP contribution in [0.25, 0.3) is 11.1 Å². The first-order valence-corrected chi connectivity index (χ1v) is 22.1. The summed E-state index contributed by atoms with van der Waals surface area (Å²) in [6, 6.07) is 25.4. The standard InChI is InChI=1S/C52H49Cl2N5O9/c1-31-40(29-67-50-16-48(65-27-36-12-34(18-55)20-57-22-36)38(14-45(50)53)10-11-39(25-60)52(63)64)6-4-8-43(31)44-9-5-7-41(32(44)2)30-68-51-17-49(66-28-37-13-35(19-56)21-58-23-37)42(15-46(51)54)24-59-47(26-61)33(3)62/h4-9,12-17,20-23,39,47,59-62H,3,10-11,24-30H2,1-2H3,(H,63,64)/t39-,47+/m1/s1. The van der Waals surface area contributed by atoms with Gasteiger partial charge in [-0.15, -0.1) is 0 Å². The predicted molar refractivity (Wildman–Crippen MR) is 256 cm³/mol. The number of rotatable bonds is 23. The van der Waals surface area contributed by atoms with Crippen LogP contribution in [0, 0.1) is 42.4 Å². The summed E-state index contributed by atoms with van der Waals surface area (Å²) in [7, 11) is 0. The minimum Gasteiger partial charge on any atom is -0.511 e. The van der Waals surface area contributed by atoms with Crippen LogP contribution >= 0.6 is 23.2 Å². The van der Waals surface area contributed by atoms with Crippen molar-refractivity contribution in [2.75, 3.05) is 13.2 Å². The van der Waals surface area contributed by atoms with E-state index in [9.17, 15) is 35.7 Å². The molecule has 0 radical (unpaired) electrons. The highest BCUT2D eigenvalue weighted by Crippen LogP contribution is 2.38. The van der Waals surface area contributed by atoms with Gasteiger partial charge in [0, 0.05) is 60.2 Å². The smallest absolute Gasteiger partial charge is 0.308 e. The van der Waals surface area contributed by atoms with Crippen LogP contribution in [0.4, 0.5) is 0 Å². The van der Waals surface area contributed by atoms with Gasteiger partial charge in [0.25, 0.3) is 0 Å². The summed E-state index contributed by atoms with van der Waals surface area (Å²) >= 11 is 13.6. The Morgan fingerprint density at radius 1 is 0.676 bits per heavy atom. The third kappa shape index (κ3) is 13.0. The molecule has 0 amide bonds. The van der Waals surface area contributed by atoms with E-state index in [1.807, 2.05) is 50.2 Å². The molecule has 2 atom stereocenters. The normalized spacial score (nSPS) is 11.8. The number of aryl methyl sites for hydroxylation is 1. The number of aliphatic hydroxyl groups excluding tert-OH is 3. The van der Waals surface area contributed by atoms with E-state index in [1.54, 1.807) is 48.8 Å². The third-order valence-electron chi connectivity index (χ3n) is 11.3. The summed E-state index contributed by atoms with van der Waals surface area (Å²) in [6.07, 6.45) is 6.52. The number of nitrogens with zero attached hydrogens (tertiary/aromatic N) is 4. The van der Waals surface area contributed by atoms with E-state index in [4.69, 9.17) is 42.1 Å². The van der Waals surface area contributed by atoms with Gasteiger partial charge in [0.1, 0.15) is 67.3 Å². The second-order valence-electron chi connectivity index (χ2n) is 15.9. The van der Waals surface area contributed by atoms with E-state index < -0.39 is 24.5 Å². The molecule has 0 aliphatic rings. The van der Waals surface area contributed by atoms with Gasteiger partial charge >= 0.3 is 5.97 Å². The lowest BCUT2D eigenvalue weighted by molar-refractivity contribution is -0.143. The van der Waals surface area contributed by atoms with E-state index >= 15 is 0 Å². The lowest BCUT2D eigenvalue weighted by atomic mass is 9.92. The van der Waals surface area contributed by atoms with Crippen molar-refractivity contribution in [2.45, 2.75) is 65.7 Å². The van der Waals surface area contributed by atoms with Crippen molar-refractivity contribution in [1.29, 1.82) is 10.5 Å². The molecular formula is C52H49Cl2N5O9. The number of halogens is 2. The van der Waals surface area contributed by atoms with Crippen molar-refractivity contribution in [1.82, 2.24) is 15.3 Å². The first-order valence-electron chi connectivity index (χ1n) is 21.4. The zero-order chi connectivity index (χ0) is 48.7. The number of carbonyl (C=O) groups is 1. The highest BCUT2D eigenvalue weighted by Gasteiger charge is 2.21. The molecule has 350 valence electrons. The van der Waals surface area contributed by atoms with Crippen LogP contribution in [-0.2, 0) is 44.2 Å². The molecule has 0 fully saturated rings. The Balaban J connectivity index is 1.20. The molecule has 0 unspecified atom stereocenters. The number of aliphatic hydroxyl groups is 3. The number of nitrogens with one attached hydrogen (secondary N) is 1. The summed E-state index contributed by atoms with van der Waals surface area (Å²) in [5.74, 6) is -0.750. The van der Waals surface area contributed by atoms with Crippen molar-refractivity contribution in [3.63, 3.8) is 0 Å². The first-order chi connectivity index (χ1) is 32.8. The predicted octanol–water partition coefficient (Wildman–Crippen LogP) is 9.27. The van der Waals surface area contributed by atoms with Crippen molar-refractivity contribution in [2.24, 2.45) is 5.92 Å². The van der Waals surface area contributed by atoms with Crippen molar-refractivity contribution < 1.29 is 44.2 Å². The number of aliphatic carboxylic acids is 1. The van der Waals surface area contributed by atoms with Gasteiger partial charge in [0.15, 0.2) is 0 Å². The molecule has 6 aromatic rings. The second kappa shape index (κ2) is 24.0. The largest absolute Gasteiger partial charge is 0.511 e. The van der Waals surface area contributed by atoms with Crippen molar-refractivity contribution in [3.8, 4) is 46.3 Å². The molecule has 2 aromatic heterocycles. The summed E-state index contributed by atoms with van der Waals surface area (Å²) < 4.78 is 25.1. The van der Waals surface area contributed by atoms with Gasteiger partial charge in [-0.25, -0.2) is 0 Å². The monoisotopic (exact) mass is 957 g/mol. The zero-order valence-electron chi connectivity index (χ0n) is 37.3. The molecule has 0 spiro atoms. The lowest BCUT2D eigenvalue weighted by Crippen LogP contribution is -2.33. The number of pyridine rings is 2. The maximum absolute atomic E-state index is 11.7. The van der Waals surface area contributed by atoms with Gasteiger partial charge in [-0.05, 0) is 89.9 Å². The molecule has 4 aromatic carbocycles. The van der Waals surface area contributed by atoms with Crippen LogP contribution in [0.15, 0.2) is 110 Å². The maximum Gasteiger partial charge on any atom is 0.308 e. The van der Waals surface area contributed by atoms with Gasteiger partial charge in [-0.2, -0.15) is 10.5 Å². The summed E-state index contributed by atoms with van der Waals surface area (Å²) in [4.78, 5) is 19.9. The molecule has 68 heavy (non-hydrogen) atoms. The third-order valence-corrected chi connectivity index (χ3v) is 11.9. The number of carboxylic acid groups (broad SMARTS) is 1. The zero-order valence-corrected chi connectivity index (χ0v) is 38.9. The Bertz CT molecular complexity index is 2670. The van der Waals surface area contributed by atoms with Crippen LogP contribution in [0.1, 0.15) is 62.1 Å². The van der Waals surface area contributed by atoms with E-state index in [2.05, 4.69) is 34.0 Å². The highest BCUT2D eigenvalue weighted by molar-refractivity contribution is 6.32. The lowest BCUT2D eigenvalue weighted by Gasteiger charge is -2.20. The SMILES string of the molecule is C=C(O)[C@H](CO)NCc1cc(Cl)c(OCc2cccc(-c3cccc(COc4cc(OCc5cncc(C#N)c5)c(CC[C@H](CO)C(=O)O)cc4Cl)c3C)c2C)cc1OCc1cncc(C#N)c1. The Morgan fingerprint density at radius 3 is 1.62 bits per heavy atom. The second-order valence-corrected chi connectivity index (χ2v) is 16.7. The average Bonchev–Trinajstić information content (AvgIpc) is 3.33. The molecule has 0 saturated heterocycles. The minimum absolute atomic E-state index is 0.0736. The van der Waals surface area contributed by atoms with Crippen LogP contribution in [-0.4, -0.2) is 55.6 Å². The summed E-state index contributed by atoms with van der Waals surface area (Å²) in [5, 5.41) is 61.1. The van der Waals surface area contributed by atoms with Crippen LogP contribution in [0.5, 0.6) is 23.0 Å². The molecule has 14 nitrogen and oxygen atoms in total. The fraction of sp³-hybridized carbons (Fsp3) is 0.250. The number of nitriles is 2. The molecule has 16 heteroatoms. The summed E-state index contributed by atoms with van der Waals surface area (Å²) in [5.41, 5.74) is 9.08. The number of ether oxygens (including phenoxy) is 4. The summed E-state index contributed by atoms with van der Waals surface area (Å²) in [6.45, 7) is 7.32. The number of hydrogen-bond acceptors (Lipinski definition) is 13. The fourth-order valence-electron chi connectivity index (χ4n) is 7.27. The number of benzene rings is 4. The van der Waals surface area contributed by atoms with Gasteiger partial charge in [0.05, 0.1) is 46.3 Å². The van der Waals surface area contributed by atoms with Gasteiger partial charge in [-0.1, -0.05) is 66.2 Å². The highest BCUT2D eigenvalue weighted by atomic mass is 35.5. The van der Waals surface area contributed by atoms with Gasteiger partial charge in [0.2, 0.25) is 0 Å². The van der Waals surface area contributed by atoms with Crippen LogP contribution in [0.3, 0.4) is 0 Å². The van der Waals surface area contributed by atoms with Gasteiger partial charge < -0.3 is 44.7 Å². The molecule has 0 aliphatic carbocycles. The molecule has 6 rings (SSSR count). The van der Waals surface area contributed by atoms with E-state index in [1.165, 1.54) is 12.4 Å². The number of carboxylic acids is 1. The minimum atomic E-state index is -1.10. The van der Waals surface area contributed by atoms with E-state index in [0.717, 1.165) is 33.4 Å². The number of hydrogen-bond donors (Lipinski definition) is 5. The Morgan fingerprint density at radius 2 is 1.16 bits per heavy atom. The van der Waals surface area contributed by atoms with Crippen LogP contribution in [0.2, 0.25) is 10.0 Å².